The Labute approximate surface area is 469 Å². The van der Waals surface area contributed by atoms with Crippen LogP contribution in [0.1, 0.15) is 145 Å². The molecule has 80 heavy (non-hydrogen) atoms. The largest absolute Gasteiger partial charge is 0.115 e. The molecular weight excluding hydrogens is 961 g/mol. The zero-order valence-corrected chi connectivity index (χ0v) is 42.9. The molecule has 0 radical (unpaired) electrons. The monoisotopic (exact) mass is 998 g/mol. The molecule has 9 aromatic rings. The van der Waals surface area contributed by atoms with Crippen molar-refractivity contribution in [3.63, 3.8) is 0 Å². The third-order valence-corrected chi connectivity index (χ3v) is 13.9. The third-order valence-electron chi connectivity index (χ3n) is 13.9. The van der Waals surface area contributed by atoms with Gasteiger partial charge in [0.15, 0.2) is 0 Å². The van der Waals surface area contributed by atoms with E-state index < -0.39 is 0 Å². The normalized spacial score (nSPS) is 12.1. The molecule has 0 spiro atoms. The maximum atomic E-state index is 5.72. The Bertz CT molecular complexity index is 3930. The average molecular weight is 999 g/mol. The standard InChI is InChI=1S/C80H38/c1-7-55-13-25-61(26-14-55)37-43-67-49-73-74(50-68(67)44-38-62-27-15-56(8-2)16-28-62)80-77-53-71(47-41-65-33-21-59(11-5)22-34-65)69(45-39-63-29-17-57(9-3)18-30-63)51-75(77)79(73)76-52-70(46-40-64-31-19-58(10-4)20-32-64)72(54-78(76)80)48-42-66-35-23-60(12-6)24-36-66/h1-6,13-36,49-54,79-80H. The fraction of sp³-hybridized carbons (Fsp3) is 0.0250. The van der Waals surface area contributed by atoms with Crippen molar-refractivity contribution >= 4 is 0 Å². The molecule has 0 saturated carbocycles. The van der Waals surface area contributed by atoms with Crippen LogP contribution < -0.4 is 0 Å². The third kappa shape index (κ3) is 10.5. The first kappa shape index (κ1) is 49.9. The van der Waals surface area contributed by atoms with Crippen LogP contribution >= 0.6 is 0 Å². The van der Waals surface area contributed by atoms with Gasteiger partial charge in [-0.3, -0.25) is 0 Å². The molecule has 0 N–H and O–H groups in total. The van der Waals surface area contributed by atoms with E-state index in [-0.39, 0.29) is 11.8 Å². The summed E-state index contributed by atoms with van der Waals surface area (Å²) >= 11 is 0. The van der Waals surface area contributed by atoms with Gasteiger partial charge < -0.3 is 0 Å². The van der Waals surface area contributed by atoms with Crippen molar-refractivity contribution in [2.45, 2.75) is 11.8 Å². The molecule has 0 aromatic heterocycles. The Morgan fingerprint density at radius 2 is 0.300 bits per heavy atom. The number of benzene rings is 9. The second kappa shape index (κ2) is 22.3. The van der Waals surface area contributed by atoms with Crippen molar-refractivity contribution in [3.05, 3.63) is 316 Å². The molecule has 3 aliphatic rings. The zero-order chi connectivity index (χ0) is 55.0. The SMILES string of the molecule is C#Cc1ccc(C#Cc2cc3c(cc2C#Cc2ccc(C#C)cc2)C2c4cc(C#Cc5ccc(C#C)cc5)c(C#Cc5ccc(C#C)cc5)cc4C3c3cc(C#Cc4ccc(C#C)cc4)c(C#Cc4ccc(C#C)cc4)cc32)cc1. The van der Waals surface area contributed by atoms with Crippen LogP contribution in [0.3, 0.4) is 0 Å². The highest BCUT2D eigenvalue weighted by atomic mass is 14.4. The van der Waals surface area contributed by atoms with E-state index >= 15 is 0 Å². The van der Waals surface area contributed by atoms with Crippen LogP contribution in [0.25, 0.3) is 0 Å². The van der Waals surface area contributed by atoms with Crippen molar-refractivity contribution in [3.8, 4) is 145 Å². The smallest absolute Gasteiger partial charge is 0.0409 e. The number of hydrogen-bond acceptors (Lipinski definition) is 0. The van der Waals surface area contributed by atoms with Crippen LogP contribution in [-0.2, 0) is 0 Å². The van der Waals surface area contributed by atoms with Crippen LogP contribution in [0.4, 0.5) is 0 Å². The van der Waals surface area contributed by atoms with E-state index in [0.717, 1.165) is 134 Å². The van der Waals surface area contributed by atoms with E-state index in [9.17, 15) is 0 Å². The van der Waals surface area contributed by atoms with Crippen molar-refractivity contribution < 1.29 is 0 Å². The van der Waals surface area contributed by atoms with Gasteiger partial charge in [-0.2, -0.15) is 0 Å². The summed E-state index contributed by atoms with van der Waals surface area (Å²) in [4.78, 5) is 0. The summed E-state index contributed by atoms with van der Waals surface area (Å²) in [5, 5.41) is 0. The summed E-state index contributed by atoms with van der Waals surface area (Å²) in [5.41, 5.74) is 20.8. The first-order valence-corrected chi connectivity index (χ1v) is 25.4. The van der Waals surface area contributed by atoms with Gasteiger partial charge in [0, 0.05) is 112 Å². The predicted octanol–water partition coefficient (Wildman–Crippen LogP) is 13.0. The molecule has 2 bridgehead atoms. The average Bonchev–Trinajstić information content (AvgIpc) is 3.56. The van der Waals surface area contributed by atoms with E-state index in [1.54, 1.807) is 0 Å². The molecule has 0 nitrogen and oxygen atoms in total. The van der Waals surface area contributed by atoms with E-state index in [0.29, 0.717) is 0 Å². The molecule has 0 heteroatoms. The van der Waals surface area contributed by atoms with Crippen LogP contribution in [0.15, 0.2) is 182 Å². The molecule has 9 aromatic carbocycles. The van der Waals surface area contributed by atoms with Gasteiger partial charge in [0.1, 0.15) is 0 Å². The van der Waals surface area contributed by atoms with Gasteiger partial charge >= 0.3 is 0 Å². The van der Waals surface area contributed by atoms with Gasteiger partial charge in [0.25, 0.3) is 0 Å². The Morgan fingerprint density at radius 1 is 0.175 bits per heavy atom. The maximum Gasteiger partial charge on any atom is 0.0409 e. The lowest BCUT2D eigenvalue weighted by atomic mass is 9.59. The highest BCUT2D eigenvalue weighted by Crippen LogP contribution is 2.57. The minimum atomic E-state index is -0.295. The van der Waals surface area contributed by atoms with Crippen LogP contribution in [0.5, 0.6) is 0 Å². The molecule has 0 unspecified atom stereocenters. The maximum absolute atomic E-state index is 5.72. The summed E-state index contributed by atoms with van der Waals surface area (Å²) < 4.78 is 0. The molecular formula is C80H38. The molecule has 0 heterocycles. The van der Waals surface area contributed by atoms with E-state index in [1.807, 2.05) is 146 Å². The second-order valence-electron chi connectivity index (χ2n) is 18.8. The van der Waals surface area contributed by atoms with Crippen LogP contribution in [0.2, 0.25) is 0 Å². The molecule has 358 valence electrons. The first-order chi connectivity index (χ1) is 39.3. The lowest BCUT2D eigenvalue weighted by Crippen LogP contribution is -2.29. The van der Waals surface area contributed by atoms with Crippen molar-refractivity contribution in [2.24, 2.45) is 0 Å². The van der Waals surface area contributed by atoms with Crippen molar-refractivity contribution in [1.82, 2.24) is 0 Å². The van der Waals surface area contributed by atoms with Crippen molar-refractivity contribution in [2.75, 3.05) is 0 Å². The lowest BCUT2D eigenvalue weighted by Gasteiger charge is -2.43. The fourth-order valence-corrected chi connectivity index (χ4v) is 9.76. The van der Waals surface area contributed by atoms with Gasteiger partial charge in [-0.15, -0.1) is 38.5 Å². The highest BCUT2D eigenvalue weighted by Gasteiger charge is 2.43. The number of hydrogen-bond donors (Lipinski definition) is 0. The van der Waals surface area contributed by atoms with Crippen LogP contribution in [-0.4, -0.2) is 0 Å². The summed E-state index contributed by atoms with van der Waals surface area (Å²) in [7, 11) is 0. The Hall–Kier alpha value is -12.3. The van der Waals surface area contributed by atoms with Gasteiger partial charge in [-0.05, 0) is 215 Å². The summed E-state index contributed by atoms with van der Waals surface area (Å²) in [5.74, 6) is 57.3. The predicted molar refractivity (Wildman–Crippen MR) is 323 cm³/mol. The topological polar surface area (TPSA) is 0 Å². The number of terminal acetylenes is 6. The van der Waals surface area contributed by atoms with E-state index in [4.69, 9.17) is 38.5 Å². The molecule has 0 saturated heterocycles. The Balaban J connectivity index is 1.17. The van der Waals surface area contributed by atoms with Crippen LogP contribution in [0, 0.1) is 145 Å². The molecule has 12 rings (SSSR count). The van der Waals surface area contributed by atoms with Crippen molar-refractivity contribution in [1.29, 1.82) is 0 Å². The molecule has 0 atom stereocenters. The first-order valence-electron chi connectivity index (χ1n) is 25.4. The molecule has 0 fully saturated rings. The highest BCUT2D eigenvalue weighted by molar-refractivity contribution is 5.76. The van der Waals surface area contributed by atoms with Gasteiger partial charge in [-0.25, -0.2) is 0 Å². The quantitative estimate of drug-likeness (QED) is 0.133. The second-order valence-corrected chi connectivity index (χ2v) is 18.8. The summed E-state index contributed by atoms with van der Waals surface area (Å²) in [6, 6.07) is 59.2. The molecule has 0 aliphatic heterocycles. The van der Waals surface area contributed by atoms with E-state index in [1.165, 1.54) is 0 Å². The minimum Gasteiger partial charge on any atom is -0.115 e. The summed E-state index contributed by atoms with van der Waals surface area (Å²) in [6.45, 7) is 0. The number of rotatable bonds is 0. The zero-order valence-electron chi connectivity index (χ0n) is 42.9. The minimum absolute atomic E-state index is 0.295. The molecule has 0 amide bonds. The summed E-state index contributed by atoms with van der Waals surface area (Å²) in [6.07, 6.45) is 34.3. The van der Waals surface area contributed by atoms with Gasteiger partial charge in [0.05, 0.1) is 0 Å². The van der Waals surface area contributed by atoms with Gasteiger partial charge in [0.2, 0.25) is 0 Å². The van der Waals surface area contributed by atoms with Gasteiger partial charge in [-0.1, -0.05) is 107 Å². The Kier molecular flexibility index (Phi) is 13.9. The Morgan fingerprint density at radius 3 is 0.425 bits per heavy atom. The molecule has 3 aliphatic carbocycles. The fourth-order valence-electron chi connectivity index (χ4n) is 9.76. The van der Waals surface area contributed by atoms with E-state index in [2.05, 4.69) is 143 Å². The lowest BCUT2D eigenvalue weighted by molar-refractivity contribution is 0.752.